The number of benzene rings is 1. The topological polar surface area (TPSA) is 142 Å². The zero-order chi connectivity index (χ0) is 13.7. The highest BCUT2D eigenvalue weighted by atomic mass is 16.4. The summed E-state index contributed by atoms with van der Waals surface area (Å²) < 4.78 is 0. The summed E-state index contributed by atoms with van der Waals surface area (Å²) in [5.74, 6) is -2.62. The quantitative estimate of drug-likeness (QED) is 0.468. The Balaban J connectivity index is 2.79. The average molecular weight is 253 g/mol. The van der Waals surface area contributed by atoms with E-state index in [0.29, 0.717) is 0 Å². The number of anilines is 1. The van der Waals surface area contributed by atoms with E-state index in [-0.39, 0.29) is 17.8 Å². The summed E-state index contributed by atoms with van der Waals surface area (Å²) in [6.45, 7) is -0.370. The van der Waals surface area contributed by atoms with Gasteiger partial charge in [-0.1, -0.05) is 6.07 Å². The molecule has 96 valence electrons. The number of nitrogens with one attached hydrogen (secondary N) is 2. The van der Waals surface area contributed by atoms with Gasteiger partial charge in [0, 0.05) is 0 Å². The lowest BCUT2D eigenvalue weighted by atomic mass is 10.2. The molecule has 8 heteroatoms. The van der Waals surface area contributed by atoms with Gasteiger partial charge in [0.15, 0.2) is 5.75 Å². The molecule has 1 aromatic rings. The Morgan fingerprint density at radius 1 is 1.28 bits per heavy atom. The Morgan fingerprint density at radius 3 is 2.50 bits per heavy atom. The minimum Gasteiger partial charge on any atom is -0.505 e. The summed E-state index contributed by atoms with van der Waals surface area (Å²) in [6, 6.07) is 3.06. The van der Waals surface area contributed by atoms with Gasteiger partial charge in [-0.2, -0.15) is 0 Å². The molecule has 0 aliphatic heterocycles. The lowest BCUT2D eigenvalue weighted by molar-refractivity contribution is -0.117. The summed E-state index contributed by atoms with van der Waals surface area (Å²) in [5, 5.41) is 22.6. The number of aromatic carboxylic acids is 1. The molecule has 0 fully saturated rings. The number of hydrogen-bond donors (Lipinski definition) is 5. The summed E-state index contributed by atoms with van der Waals surface area (Å²) >= 11 is 0. The number of carboxylic acids is 1. The number of aromatic hydroxyl groups is 1. The molecular formula is C10H11N3O5. The van der Waals surface area contributed by atoms with Gasteiger partial charge in [-0.3, -0.25) is 4.79 Å². The number of carbonyl (C=O) groups is 3. The third-order valence-corrected chi connectivity index (χ3v) is 1.94. The Kier molecular flexibility index (Phi) is 4.08. The van der Waals surface area contributed by atoms with E-state index < -0.39 is 23.7 Å². The van der Waals surface area contributed by atoms with Crippen LogP contribution in [0.15, 0.2) is 18.2 Å². The van der Waals surface area contributed by atoms with Crippen LogP contribution in [0.4, 0.5) is 10.5 Å². The van der Waals surface area contributed by atoms with Gasteiger partial charge >= 0.3 is 12.0 Å². The molecule has 18 heavy (non-hydrogen) atoms. The van der Waals surface area contributed by atoms with Crippen LogP contribution in [-0.4, -0.2) is 34.7 Å². The number of nitrogens with two attached hydrogens (primary N) is 1. The molecule has 1 rings (SSSR count). The monoisotopic (exact) mass is 253 g/mol. The van der Waals surface area contributed by atoms with Crippen LogP contribution in [0.1, 0.15) is 10.4 Å². The molecule has 0 saturated carbocycles. The smallest absolute Gasteiger partial charge is 0.339 e. The van der Waals surface area contributed by atoms with Crippen LogP contribution in [0.3, 0.4) is 0 Å². The molecule has 0 spiro atoms. The third kappa shape index (κ3) is 3.37. The first-order valence-corrected chi connectivity index (χ1v) is 4.80. The number of phenols is 1. The van der Waals surface area contributed by atoms with Crippen LogP contribution in [0, 0.1) is 0 Å². The van der Waals surface area contributed by atoms with Crippen molar-refractivity contribution in [2.75, 3.05) is 11.9 Å². The lowest BCUT2D eigenvalue weighted by Gasteiger charge is -2.09. The fourth-order valence-corrected chi connectivity index (χ4v) is 1.15. The summed E-state index contributed by atoms with van der Waals surface area (Å²) in [7, 11) is 0. The molecule has 0 unspecified atom stereocenters. The Labute approximate surface area is 101 Å². The van der Waals surface area contributed by atoms with E-state index in [0.717, 1.165) is 0 Å². The van der Waals surface area contributed by atoms with E-state index in [2.05, 4.69) is 10.6 Å². The number of rotatable bonds is 4. The first-order chi connectivity index (χ1) is 8.41. The van der Waals surface area contributed by atoms with E-state index in [1.54, 1.807) is 0 Å². The predicted octanol–water partition coefficient (Wildman–Crippen LogP) is -0.303. The van der Waals surface area contributed by atoms with Gasteiger partial charge in [-0.25, -0.2) is 9.59 Å². The second-order valence-electron chi connectivity index (χ2n) is 3.28. The second kappa shape index (κ2) is 5.53. The lowest BCUT2D eigenvalue weighted by Crippen LogP contribution is -2.36. The first-order valence-electron chi connectivity index (χ1n) is 4.80. The maximum atomic E-state index is 11.3. The molecule has 0 aromatic heterocycles. The van der Waals surface area contributed by atoms with E-state index in [1.807, 2.05) is 0 Å². The second-order valence-corrected chi connectivity index (χ2v) is 3.28. The standard InChI is InChI=1S/C10H11N3O5/c11-7(14)4-12-10(18)13-6-3-1-2-5(8(6)15)9(16)17/h1-3,15H,4H2,(H2,11,14)(H,16,17)(H2,12,13,18). The van der Waals surface area contributed by atoms with Crippen molar-refractivity contribution in [3.63, 3.8) is 0 Å². The minimum atomic E-state index is -1.33. The first kappa shape index (κ1) is 13.3. The number of urea groups is 1. The number of para-hydroxylation sites is 1. The number of amides is 3. The van der Waals surface area contributed by atoms with Crippen molar-refractivity contribution in [2.24, 2.45) is 5.73 Å². The highest BCUT2D eigenvalue weighted by Gasteiger charge is 2.14. The summed E-state index contributed by atoms with van der Waals surface area (Å²) in [6.07, 6.45) is 0. The number of carbonyl (C=O) groups excluding carboxylic acids is 2. The normalized spacial score (nSPS) is 9.56. The van der Waals surface area contributed by atoms with Crippen LogP contribution in [-0.2, 0) is 4.79 Å². The van der Waals surface area contributed by atoms with Crippen molar-refractivity contribution in [1.29, 1.82) is 0 Å². The minimum absolute atomic E-state index is 0.0862. The fraction of sp³-hybridized carbons (Fsp3) is 0.100. The molecule has 6 N–H and O–H groups in total. The van der Waals surface area contributed by atoms with E-state index in [9.17, 15) is 19.5 Å². The van der Waals surface area contributed by atoms with Crippen LogP contribution in [0.2, 0.25) is 0 Å². The molecule has 0 saturated heterocycles. The van der Waals surface area contributed by atoms with Crippen LogP contribution < -0.4 is 16.4 Å². The maximum absolute atomic E-state index is 11.3. The Bertz CT molecular complexity index is 500. The van der Waals surface area contributed by atoms with Gasteiger partial charge in [-0.15, -0.1) is 0 Å². The van der Waals surface area contributed by atoms with Gasteiger partial charge in [0.1, 0.15) is 5.56 Å². The van der Waals surface area contributed by atoms with Crippen LogP contribution in [0.25, 0.3) is 0 Å². The van der Waals surface area contributed by atoms with Crippen molar-refractivity contribution in [1.82, 2.24) is 5.32 Å². The van der Waals surface area contributed by atoms with Crippen LogP contribution >= 0.6 is 0 Å². The molecule has 0 aliphatic carbocycles. The molecule has 0 aliphatic rings. The van der Waals surface area contributed by atoms with Crippen molar-refractivity contribution in [3.8, 4) is 5.75 Å². The van der Waals surface area contributed by atoms with E-state index in [4.69, 9.17) is 10.8 Å². The maximum Gasteiger partial charge on any atom is 0.339 e. The van der Waals surface area contributed by atoms with E-state index in [1.165, 1.54) is 18.2 Å². The highest BCUT2D eigenvalue weighted by Crippen LogP contribution is 2.27. The Hall–Kier alpha value is -2.77. The van der Waals surface area contributed by atoms with Crippen molar-refractivity contribution in [2.45, 2.75) is 0 Å². The van der Waals surface area contributed by atoms with Gasteiger partial charge in [0.05, 0.1) is 12.2 Å². The average Bonchev–Trinajstić information content (AvgIpc) is 2.29. The number of carboxylic acid groups (broad SMARTS) is 1. The summed E-state index contributed by atoms with van der Waals surface area (Å²) in [4.78, 5) is 32.4. The van der Waals surface area contributed by atoms with Crippen LogP contribution in [0.5, 0.6) is 5.75 Å². The zero-order valence-corrected chi connectivity index (χ0v) is 9.14. The molecule has 3 amide bonds. The van der Waals surface area contributed by atoms with Gasteiger partial charge in [0.2, 0.25) is 5.91 Å². The van der Waals surface area contributed by atoms with Crippen molar-refractivity contribution >= 4 is 23.6 Å². The highest BCUT2D eigenvalue weighted by molar-refractivity contribution is 5.98. The molecule has 0 atom stereocenters. The predicted molar refractivity (Wildman–Crippen MR) is 61.3 cm³/mol. The number of hydrogen-bond acceptors (Lipinski definition) is 4. The van der Waals surface area contributed by atoms with Gasteiger partial charge < -0.3 is 26.6 Å². The van der Waals surface area contributed by atoms with Crippen molar-refractivity contribution in [3.05, 3.63) is 23.8 Å². The number of primary amides is 1. The molecule has 8 nitrogen and oxygen atoms in total. The van der Waals surface area contributed by atoms with E-state index >= 15 is 0 Å². The third-order valence-electron chi connectivity index (χ3n) is 1.94. The molecular weight excluding hydrogens is 242 g/mol. The largest absolute Gasteiger partial charge is 0.505 e. The zero-order valence-electron chi connectivity index (χ0n) is 9.14. The fourth-order valence-electron chi connectivity index (χ4n) is 1.15. The molecule has 0 radical (unpaired) electrons. The molecule has 0 heterocycles. The SMILES string of the molecule is NC(=O)CNC(=O)Nc1cccc(C(=O)O)c1O. The van der Waals surface area contributed by atoms with Gasteiger partial charge in [0.25, 0.3) is 0 Å². The van der Waals surface area contributed by atoms with Gasteiger partial charge in [-0.05, 0) is 12.1 Å². The molecule has 1 aromatic carbocycles. The molecule has 0 bridgehead atoms. The summed E-state index contributed by atoms with van der Waals surface area (Å²) in [5.41, 5.74) is 4.39. The Morgan fingerprint density at radius 2 is 1.94 bits per heavy atom. The van der Waals surface area contributed by atoms with Crippen molar-refractivity contribution < 1.29 is 24.6 Å².